The van der Waals surface area contributed by atoms with E-state index in [0.717, 1.165) is 24.6 Å². The van der Waals surface area contributed by atoms with E-state index in [0.29, 0.717) is 6.04 Å². The number of nitrogens with one attached hydrogen (secondary N) is 1. The lowest BCUT2D eigenvalue weighted by atomic mass is 10.0. The number of likely N-dealkylation sites (N-methyl/N-ethyl adjacent to an activating group) is 1. The SMILES string of the molecule is CCn1nc(C)c(Br)c1CC(CC1CC1)NC. The van der Waals surface area contributed by atoms with Crippen LogP contribution in [0.5, 0.6) is 0 Å². The molecular weight excluding hydrogens is 278 g/mol. The quantitative estimate of drug-likeness (QED) is 0.875. The molecule has 3 nitrogen and oxygen atoms in total. The highest BCUT2D eigenvalue weighted by Crippen LogP contribution is 2.34. The number of rotatable bonds is 6. The van der Waals surface area contributed by atoms with E-state index in [2.05, 4.69) is 51.9 Å². The van der Waals surface area contributed by atoms with Gasteiger partial charge in [-0.05, 0) is 49.2 Å². The highest BCUT2D eigenvalue weighted by molar-refractivity contribution is 9.10. The van der Waals surface area contributed by atoms with E-state index in [1.54, 1.807) is 0 Å². The van der Waals surface area contributed by atoms with E-state index in [4.69, 9.17) is 0 Å². The molecular formula is C13H22BrN3. The van der Waals surface area contributed by atoms with Crippen LogP contribution in [0.4, 0.5) is 0 Å². The van der Waals surface area contributed by atoms with Crippen LogP contribution in [0.2, 0.25) is 0 Å². The smallest absolute Gasteiger partial charge is 0.0738 e. The third-order valence-electron chi connectivity index (χ3n) is 3.62. The van der Waals surface area contributed by atoms with Crippen molar-refractivity contribution in [3.8, 4) is 0 Å². The van der Waals surface area contributed by atoms with Gasteiger partial charge < -0.3 is 5.32 Å². The second-order valence-corrected chi connectivity index (χ2v) is 5.82. The summed E-state index contributed by atoms with van der Waals surface area (Å²) in [5.41, 5.74) is 2.44. The predicted molar refractivity (Wildman–Crippen MR) is 74.2 cm³/mol. The Balaban J connectivity index is 2.09. The molecule has 0 saturated heterocycles. The van der Waals surface area contributed by atoms with Crippen LogP contribution >= 0.6 is 15.9 Å². The van der Waals surface area contributed by atoms with Crippen LogP contribution in [-0.2, 0) is 13.0 Å². The van der Waals surface area contributed by atoms with Gasteiger partial charge in [0, 0.05) is 19.0 Å². The van der Waals surface area contributed by atoms with Gasteiger partial charge in [0.25, 0.3) is 0 Å². The topological polar surface area (TPSA) is 29.9 Å². The molecule has 1 aromatic heterocycles. The second-order valence-electron chi connectivity index (χ2n) is 5.03. The standard InChI is InChI=1S/C13H22BrN3/c1-4-17-12(13(14)9(2)16-17)8-11(15-3)7-10-5-6-10/h10-11,15H,4-8H2,1-3H3. The Kier molecular flexibility index (Phi) is 4.26. The molecule has 1 atom stereocenters. The maximum Gasteiger partial charge on any atom is 0.0738 e. The van der Waals surface area contributed by atoms with Crippen molar-refractivity contribution in [1.82, 2.24) is 15.1 Å². The molecule has 0 bridgehead atoms. The fourth-order valence-corrected chi connectivity index (χ4v) is 2.80. The van der Waals surface area contributed by atoms with Gasteiger partial charge in [0.15, 0.2) is 0 Å². The maximum atomic E-state index is 4.55. The molecule has 0 radical (unpaired) electrons. The van der Waals surface area contributed by atoms with Gasteiger partial charge in [-0.15, -0.1) is 0 Å². The summed E-state index contributed by atoms with van der Waals surface area (Å²) in [5.74, 6) is 0.963. The zero-order valence-electron chi connectivity index (χ0n) is 11.0. The van der Waals surface area contributed by atoms with Crippen LogP contribution in [0.1, 0.15) is 37.6 Å². The third kappa shape index (κ3) is 3.10. The van der Waals surface area contributed by atoms with Crippen molar-refractivity contribution in [2.75, 3.05) is 7.05 Å². The zero-order valence-corrected chi connectivity index (χ0v) is 12.5. The van der Waals surface area contributed by atoms with Crippen molar-refractivity contribution in [3.05, 3.63) is 15.9 Å². The molecule has 0 aromatic carbocycles. The number of aromatic nitrogens is 2. The van der Waals surface area contributed by atoms with Gasteiger partial charge in [-0.3, -0.25) is 4.68 Å². The summed E-state index contributed by atoms with van der Waals surface area (Å²) in [6.45, 7) is 5.16. The van der Waals surface area contributed by atoms with Crippen LogP contribution in [-0.4, -0.2) is 22.9 Å². The fraction of sp³-hybridized carbons (Fsp3) is 0.769. The molecule has 1 aliphatic carbocycles. The molecule has 1 aromatic rings. The van der Waals surface area contributed by atoms with Crippen LogP contribution in [0.25, 0.3) is 0 Å². The molecule has 4 heteroatoms. The van der Waals surface area contributed by atoms with E-state index in [1.807, 2.05) is 0 Å². The minimum Gasteiger partial charge on any atom is -0.317 e. The average Bonchev–Trinajstić information content (AvgIpc) is 3.10. The first kappa shape index (κ1) is 13.1. The first-order valence-corrected chi connectivity index (χ1v) is 7.34. The Hall–Kier alpha value is -0.350. The molecule has 17 heavy (non-hydrogen) atoms. The van der Waals surface area contributed by atoms with Crippen LogP contribution in [0, 0.1) is 12.8 Å². The van der Waals surface area contributed by atoms with Gasteiger partial charge in [-0.25, -0.2) is 0 Å². The minimum atomic E-state index is 0.584. The Labute approximate surface area is 112 Å². The highest BCUT2D eigenvalue weighted by Gasteiger charge is 2.26. The number of halogens is 1. The second kappa shape index (κ2) is 5.53. The Morgan fingerprint density at radius 1 is 1.53 bits per heavy atom. The summed E-state index contributed by atoms with van der Waals surface area (Å²) in [6, 6.07) is 0.584. The summed E-state index contributed by atoms with van der Waals surface area (Å²) in [6.07, 6.45) is 5.22. The van der Waals surface area contributed by atoms with Gasteiger partial charge in [0.1, 0.15) is 0 Å². The van der Waals surface area contributed by atoms with Crippen molar-refractivity contribution < 1.29 is 0 Å². The maximum absolute atomic E-state index is 4.55. The monoisotopic (exact) mass is 299 g/mol. The highest BCUT2D eigenvalue weighted by atomic mass is 79.9. The molecule has 2 rings (SSSR count). The number of hydrogen-bond donors (Lipinski definition) is 1. The normalized spacial score (nSPS) is 17.4. The van der Waals surface area contributed by atoms with E-state index in [9.17, 15) is 0 Å². The molecule has 1 heterocycles. The van der Waals surface area contributed by atoms with Gasteiger partial charge in [0.2, 0.25) is 0 Å². The van der Waals surface area contributed by atoms with Crippen LogP contribution in [0.15, 0.2) is 4.47 Å². The Bertz CT molecular complexity index is 382. The molecule has 1 N–H and O–H groups in total. The van der Waals surface area contributed by atoms with Crippen molar-refractivity contribution in [3.63, 3.8) is 0 Å². The summed E-state index contributed by atoms with van der Waals surface area (Å²) in [7, 11) is 2.07. The van der Waals surface area contributed by atoms with Gasteiger partial charge >= 0.3 is 0 Å². The summed E-state index contributed by atoms with van der Waals surface area (Å²) in [4.78, 5) is 0. The molecule has 1 fully saturated rings. The van der Waals surface area contributed by atoms with Gasteiger partial charge in [-0.2, -0.15) is 5.10 Å². The number of nitrogens with zero attached hydrogens (tertiary/aromatic N) is 2. The largest absolute Gasteiger partial charge is 0.317 e. The first-order chi connectivity index (χ1) is 8.15. The molecule has 0 spiro atoms. The van der Waals surface area contributed by atoms with E-state index in [-0.39, 0.29) is 0 Å². The lowest BCUT2D eigenvalue weighted by molar-refractivity contribution is 0.470. The molecule has 1 aliphatic rings. The summed E-state index contributed by atoms with van der Waals surface area (Å²) in [5, 5.41) is 8.00. The zero-order chi connectivity index (χ0) is 12.4. The number of aryl methyl sites for hydroxylation is 2. The molecule has 96 valence electrons. The van der Waals surface area contributed by atoms with Gasteiger partial charge in [-0.1, -0.05) is 12.8 Å². The molecule has 1 unspecified atom stereocenters. The molecule has 1 saturated carbocycles. The van der Waals surface area contributed by atoms with E-state index >= 15 is 0 Å². The summed E-state index contributed by atoms with van der Waals surface area (Å²) >= 11 is 3.67. The van der Waals surface area contributed by atoms with Crippen molar-refractivity contribution >= 4 is 15.9 Å². The number of hydrogen-bond acceptors (Lipinski definition) is 2. The lowest BCUT2D eigenvalue weighted by Crippen LogP contribution is -2.29. The molecule has 0 aliphatic heterocycles. The Morgan fingerprint density at radius 3 is 2.76 bits per heavy atom. The third-order valence-corrected chi connectivity index (χ3v) is 4.65. The lowest BCUT2D eigenvalue weighted by Gasteiger charge is -2.16. The minimum absolute atomic E-state index is 0.584. The van der Waals surface area contributed by atoms with Crippen molar-refractivity contribution in [1.29, 1.82) is 0 Å². The predicted octanol–water partition coefficient (Wildman–Crippen LogP) is 2.90. The fourth-order valence-electron chi connectivity index (χ4n) is 2.36. The molecule has 0 amide bonds. The van der Waals surface area contributed by atoms with Crippen LogP contribution < -0.4 is 5.32 Å². The van der Waals surface area contributed by atoms with Crippen molar-refractivity contribution in [2.24, 2.45) is 5.92 Å². The summed E-state index contributed by atoms with van der Waals surface area (Å²) < 4.78 is 3.31. The first-order valence-electron chi connectivity index (χ1n) is 6.54. The van der Waals surface area contributed by atoms with E-state index < -0.39 is 0 Å². The van der Waals surface area contributed by atoms with Crippen molar-refractivity contribution in [2.45, 2.75) is 52.1 Å². The Morgan fingerprint density at radius 2 is 2.24 bits per heavy atom. The average molecular weight is 300 g/mol. The van der Waals surface area contributed by atoms with E-state index in [1.165, 1.54) is 29.4 Å². The van der Waals surface area contributed by atoms with Gasteiger partial charge in [0.05, 0.1) is 15.9 Å². The van der Waals surface area contributed by atoms with Crippen LogP contribution in [0.3, 0.4) is 0 Å².